The van der Waals surface area contributed by atoms with Crippen molar-refractivity contribution in [2.45, 2.75) is 32.6 Å². The van der Waals surface area contributed by atoms with E-state index < -0.39 is 5.91 Å². The Balaban J connectivity index is 1.59. The quantitative estimate of drug-likeness (QED) is 0.381. The number of carbonyl (C=O) groups is 3. The van der Waals surface area contributed by atoms with Gasteiger partial charge in [0.25, 0.3) is 0 Å². The third kappa shape index (κ3) is 7.40. The molecule has 0 heterocycles. The number of ketones is 1. The maximum absolute atomic E-state index is 11.9. The van der Waals surface area contributed by atoms with Gasteiger partial charge in [0.05, 0.1) is 6.61 Å². The third-order valence-electron chi connectivity index (χ3n) is 3.96. The highest BCUT2D eigenvalue weighted by Gasteiger charge is 2.10. The van der Waals surface area contributed by atoms with Gasteiger partial charge in [-0.25, -0.2) is 0 Å². The molecule has 0 bridgehead atoms. The summed E-state index contributed by atoms with van der Waals surface area (Å²) >= 11 is 5.89. The molecule has 0 atom stereocenters. The third-order valence-corrected chi connectivity index (χ3v) is 4.19. The van der Waals surface area contributed by atoms with E-state index in [1.807, 2.05) is 19.1 Å². The van der Waals surface area contributed by atoms with E-state index >= 15 is 0 Å². The van der Waals surface area contributed by atoms with Crippen LogP contribution in [0.1, 0.15) is 41.6 Å². The van der Waals surface area contributed by atoms with Crippen molar-refractivity contribution in [3.63, 3.8) is 0 Å². The van der Waals surface area contributed by atoms with Crippen LogP contribution in [0.3, 0.4) is 0 Å². The van der Waals surface area contributed by atoms with Crippen LogP contribution in [-0.2, 0) is 9.59 Å². The summed E-state index contributed by atoms with van der Waals surface area (Å²) in [7, 11) is 0. The molecular weight excluding hydrogens is 380 g/mol. The molecule has 28 heavy (non-hydrogen) atoms. The highest BCUT2D eigenvalue weighted by molar-refractivity contribution is 6.30. The van der Waals surface area contributed by atoms with E-state index in [2.05, 4.69) is 10.9 Å². The lowest BCUT2D eigenvalue weighted by molar-refractivity contribution is -0.129. The lowest BCUT2D eigenvalue weighted by atomic mass is 10.1. The molecule has 0 aliphatic rings. The molecule has 0 radical (unpaired) electrons. The second-order valence-corrected chi connectivity index (χ2v) is 6.68. The summed E-state index contributed by atoms with van der Waals surface area (Å²) in [6.45, 7) is 2.27. The van der Waals surface area contributed by atoms with Gasteiger partial charge in [0, 0.05) is 29.8 Å². The zero-order valence-corrected chi connectivity index (χ0v) is 16.4. The SMILES string of the molecule is Cc1cc(Cl)ccc1OCCCC(=O)NNC(=O)CCC(=O)c1ccccc1. The van der Waals surface area contributed by atoms with E-state index in [1.54, 1.807) is 36.4 Å². The fraction of sp³-hybridized carbons (Fsp3) is 0.286. The lowest BCUT2D eigenvalue weighted by Gasteiger charge is -2.10. The van der Waals surface area contributed by atoms with Gasteiger partial charge in [-0.05, 0) is 37.1 Å². The van der Waals surface area contributed by atoms with Crippen molar-refractivity contribution >= 4 is 29.2 Å². The Hall–Kier alpha value is -2.86. The molecule has 2 aromatic carbocycles. The van der Waals surface area contributed by atoms with E-state index in [0.29, 0.717) is 23.6 Å². The second-order valence-electron chi connectivity index (χ2n) is 6.25. The Kier molecular flexibility index (Phi) is 8.49. The minimum Gasteiger partial charge on any atom is -0.493 e. The maximum Gasteiger partial charge on any atom is 0.238 e. The molecule has 148 valence electrons. The number of hydrazine groups is 1. The van der Waals surface area contributed by atoms with Gasteiger partial charge in [0.1, 0.15) is 5.75 Å². The first-order chi connectivity index (χ1) is 13.5. The number of rotatable bonds is 9. The number of amides is 2. The number of benzene rings is 2. The van der Waals surface area contributed by atoms with Crippen molar-refractivity contribution in [3.8, 4) is 5.75 Å². The summed E-state index contributed by atoms with van der Waals surface area (Å²) in [5, 5.41) is 0.644. The van der Waals surface area contributed by atoms with E-state index in [9.17, 15) is 14.4 Å². The summed E-state index contributed by atoms with van der Waals surface area (Å²) in [5.74, 6) is -0.122. The summed E-state index contributed by atoms with van der Waals surface area (Å²) in [6.07, 6.45) is 0.791. The summed E-state index contributed by atoms with van der Waals surface area (Å²) in [5.41, 5.74) is 6.15. The van der Waals surface area contributed by atoms with Gasteiger partial charge in [0.15, 0.2) is 5.78 Å². The molecule has 2 aromatic rings. The maximum atomic E-state index is 11.9. The number of nitrogens with one attached hydrogen (secondary N) is 2. The molecule has 0 unspecified atom stereocenters. The predicted octanol–water partition coefficient (Wildman–Crippen LogP) is 3.62. The van der Waals surface area contributed by atoms with E-state index in [1.165, 1.54) is 0 Å². The van der Waals surface area contributed by atoms with Gasteiger partial charge >= 0.3 is 0 Å². The Morgan fingerprint density at radius 3 is 2.29 bits per heavy atom. The van der Waals surface area contributed by atoms with Gasteiger partial charge in [-0.3, -0.25) is 25.2 Å². The monoisotopic (exact) mass is 402 g/mol. The van der Waals surface area contributed by atoms with Gasteiger partial charge in [0.2, 0.25) is 11.8 Å². The first-order valence-electron chi connectivity index (χ1n) is 9.00. The van der Waals surface area contributed by atoms with Crippen LogP contribution in [0.15, 0.2) is 48.5 Å². The van der Waals surface area contributed by atoms with Crippen molar-refractivity contribution in [1.82, 2.24) is 10.9 Å². The van der Waals surface area contributed by atoms with Gasteiger partial charge < -0.3 is 4.74 Å². The Bertz CT molecular complexity index is 824. The van der Waals surface area contributed by atoms with Gasteiger partial charge in [-0.15, -0.1) is 0 Å². The minimum absolute atomic E-state index is 0.00691. The average Bonchev–Trinajstić information content (AvgIpc) is 2.69. The molecule has 6 nitrogen and oxygen atoms in total. The number of Topliss-reactive ketones (excluding diaryl/α,β-unsaturated/α-hetero) is 1. The Morgan fingerprint density at radius 2 is 1.61 bits per heavy atom. The molecule has 7 heteroatoms. The van der Waals surface area contributed by atoms with E-state index in [0.717, 1.165) is 11.3 Å². The molecule has 0 aliphatic heterocycles. The number of aryl methyl sites for hydroxylation is 1. The van der Waals surface area contributed by atoms with E-state index in [-0.39, 0.29) is 31.0 Å². The predicted molar refractivity (Wildman–Crippen MR) is 107 cm³/mol. The lowest BCUT2D eigenvalue weighted by Crippen LogP contribution is -2.41. The Morgan fingerprint density at radius 1 is 0.929 bits per heavy atom. The highest BCUT2D eigenvalue weighted by atomic mass is 35.5. The molecule has 0 saturated carbocycles. The normalized spacial score (nSPS) is 10.2. The van der Waals surface area contributed by atoms with Crippen LogP contribution in [0.25, 0.3) is 0 Å². The molecule has 2 rings (SSSR count). The van der Waals surface area contributed by atoms with Crippen molar-refractivity contribution in [2.75, 3.05) is 6.61 Å². The summed E-state index contributed by atoms with van der Waals surface area (Å²) in [4.78, 5) is 35.4. The zero-order chi connectivity index (χ0) is 20.4. The molecular formula is C21H23ClN2O4. The largest absolute Gasteiger partial charge is 0.493 e. The number of hydrogen-bond donors (Lipinski definition) is 2. The molecule has 0 aromatic heterocycles. The van der Waals surface area contributed by atoms with Gasteiger partial charge in [-0.2, -0.15) is 0 Å². The van der Waals surface area contributed by atoms with Crippen molar-refractivity contribution in [3.05, 3.63) is 64.7 Å². The number of carbonyl (C=O) groups excluding carboxylic acids is 3. The number of hydrogen-bond acceptors (Lipinski definition) is 4. The zero-order valence-electron chi connectivity index (χ0n) is 15.7. The first-order valence-corrected chi connectivity index (χ1v) is 9.38. The summed E-state index contributed by atoms with van der Waals surface area (Å²) in [6, 6.07) is 14.1. The van der Waals surface area contributed by atoms with Gasteiger partial charge in [-0.1, -0.05) is 41.9 Å². The van der Waals surface area contributed by atoms with Crippen LogP contribution in [-0.4, -0.2) is 24.2 Å². The van der Waals surface area contributed by atoms with Crippen molar-refractivity contribution in [1.29, 1.82) is 0 Å². The Labute approximate surface area is 169 Å². The topological polar surface area (TPSA) is 84.5 Å². The van der Waals surface area contributed by atoms with Crippen LogP contribution >= 0.6 is 11.6 Å². The highest BCUT2D eigenvalue weighted by Crippen LogP contribution is 2.21. The molecule has 0 spiro atoms. The molecule has 2 N–H and O–H groups in total. The summed E-state index contributed by atoms with van der Waals surface area (Å²) < 4.78 is 5.61. The van der Waals surface area contributed by atoms with Crippen molar-refractivity contribution in [2.24, 2.45) is 0 Å². The van der Waals surface area contributed by atoms with Crippen LogP contribution in [0.2, 0.25) is 5.02 Å². The van der Waals surface area contributed by atoms with Crippen molar-refractivity contribution < 1.29 is 19.1 Å². The van der Waals surface area contributed by atoms with Crippen LogP contribution in [0, 0.1) is 6.92 Å². The second kappa shape index (κ2) is 11.1. The first kappa shape index (κ1) is 21.4. The fourth-order valence-electron chi connectivity index (χ4n) is 2.45. The molecule has 0 aliphatic carbocycles. The molecule has 2 amide bonds. The smallest absolute Gasteiger partial charge is 0.238 e. The van der Waals surface area contributed by atoms with E-state index in [4.69, 9.17) is 16.3 Å². The van der Waals surface area contributed by atoms with Crippen LogP contribution in [0.4, 0.5) is 0 Å². The van der Waals surface area contributed by atoms with Crippen LogP contribution in [0.5, 0.6) is 5.75 Å². The van der Waals surface area contributed by atoms with Crippen LogP contribution < -0.4 is 15.6 Å². The number of halogens is 1. The fourth-order valence-corrected chi connectivity index (χ4v) is 2.68. The average molecular weight is 403 g/mol. The number of ether oxygens (including phenoxy) is 1. The minimum atomic E-state index is -0.411. The molecule has 0 fully saturated rings. The standard InChI is InChI=1S/C21H23ClN2O4/c1-15-14-17(22)9-11-19(15)28-13-5-8-20(26)23-24-21(27)12-10-18(25)16-6-3-2-4-7-16/h2-4,6-7,9,11,14H,5,8,10,12-13H2,1H3,(H,23,26)(H,24,27). The molecule has 0 saturated heterocycles.